The molecular formula is C13H13N3O2. The zero-order valence-electron chi connectivity index (χ0n) is 9.64. The molecule has 0 heterocycles. The molecule has 4 N–H and O–H groups in total. The van der Waals surface area contributed by atoms with Crippen LogP contribution in [0.3, 0.4) is 0 Å². The molecule has 0 aliphatic heterocycles. The molecule has 18 heavy (non-hydrogen) atoms. The van der Waals surface area contributed by atoms with Crippen molar-refractivity contribution in [1.29, 1.82) is 0 Å². The second-order valence-electron chi connectivity index (χ2n) is 3.79. The van der Waals surface area contributed by atoms with Crippen molar-refractivity contribution < 1.29 is 9.59 Å². The van der Waals surface area contributed by atoms with Crippen LogP contribution in [0.4, 0.5) is 10.5 Å². The number of anilines is 1. The molecule has 0 fully saturated rings. The Morgan fingerprint density at radius 3 is 2.56 bits per heavy atom. The van der Waals surface area contributed by atoms with Crippen LogP contribution in [0.1, 0.15) is 0 Å². The summed E-state index contributed by atoms with van der Waals surface area (Å²) in [6, 6.07) is 12.6. The number of primary amides is 1. The number of carbonyl (C=O) groups is 2. The van der Waals surface area contributed by atoms with Crippen LogP contribution < -0.4 is 16.4 Å². The number of rotatable bonds is 3. The molecule has 0 atom stereocenters. The molecule has 0 saturated carbocycles. The van der Waals surface area contributed by atoms with Gasteiger partial charge in [0.2, 0.25) is 5.91 Å². The Morgan fingerprint density at radius 1 is 1.06 bits per heavy atom. The van der Waals surface area contributed by atoms with Gasteiger partial charge in [0.25, 0.3) is 0 Å². The van der Waals surface area contributed by atoms with Gasteiger partial charge in [-0.2, -0.15) is 0 Å². The average Bonchev–Trinajstić information content (AvgIpc) is 2.37. The van der Waals surface area contributed by atoms with Crippen molar-refractivity contribution >= 4 is 28.4 Å². The van der Waals surface area contributed by atoms with Crippen LogP contribution in [0.5, 0.6) is 0 Å². The number of amides is 3. The highest BCUT2D eigenvalue weighted by atomic mass is 16.2. The predicted molar refractivity (Wildman–Crippen MR) is 70.2 cm³/mol. The lowest BCUT2D eigenvalue weighted by atomic mass is 10.1. The monoisotopic (exact) mass is 243 g/mol. The molecule has 5 heteroatoms. The van der Waals surface area contributed by atoms with Gasteiger partial charge in [-0.3, -0.25) is 4.79 Å². The Kier molecular flexibility index (Phi) is 3.43. The molecule has 2 rings (SSSR count). The number of carbonyl (C=O) groups excluding carboxylic acids is 2. The average molecular weight is 243 g/mol. The normalized spacial score (nSPS) is 10.0. The van der Waals surface area contributed by atoms with Gasteiger partial charge < -0.3 is 16.4 Å². The summed E-state index contributed by atoms with van der Waals surface area (Å²) in [5.74, 6) is -0.315. The van der Waals surface area contributed by atoms with Gasteiger partial charge in [0.1, 0.15) is 0 Å². The van der Waals surface area contributed by atoms with Gasteiger partial charge in [-0.15, -0.1) is 0 Å². The van der Waals surface area contributed by atoms with Gasteiger partial charge in [-0.05, 0) is 11.5 Å². The number of nitrogens with two attached hydrogens (primary N) is 1. The number of urea groups is 1. The highest BCUT2D eigenvalue weighted by molar-refractivity contribution is 6.03. The number of hydrogen-bond acceptors (Lipinski definition) is 2. The first-order valence-electron chi connectivity index (χ1n) is 5.48. The van der Waals surface area contributed by atoms with E-state index < -0.39 is 6.03 Å². The van der Waals surface area contributed by atoms with Crippen molar-refractivity contribution in [3.8, 4) is 0 Å². The van der Waals surface area contributed by atoms with E-state index in [9.17, 15) is 9.59 Å². The van der Waals surface area contributed by atoms with E-state index in [-0.39, 0.29) is 12.5 Å². The number of benzene rings is 2. The van der Waals surface area contributed by atoms with Gasteiger partial charge in [-0.25, -0.2) is 4.79 Å². The Labute approximate surface area is 104 Å². The minimum atomic E-state index is -0.719. The molecule has 0 spiro atoms. The maximum Gasteiger partial charge on any atom is 0.312 e. The van der Waals surface area contributed by atoms with E-state index in [1.165, 1.54) is 0 Å². The lowest BCUT2D eigenvalue weighted by Gasteiger charge is -2.08. The summed E-state index contributed by atoms with van der Waals surface area (Å²) in [5.41, 5.74) is 5.61. The van der Waals surface area contributed by atoms with Crippen molar-refractivity contribution in [2.24, 2.45) is 5.73 Å². The summed E-state index contributed by atoms with van der Waals surface area (Å²) >= 11 is 0. The third-order valence-corrected chi connectivity index (χ3v) is 2.49. The van der Waals surface area contributed by atoms with E-state index in [0.717, 1.165) is 10.8 Å². The van der Waals surface area contributed by atoms with Gasteiger partial charge in [-0.1, -0.05) is 36.4 Å². The van der Waals surface area contributed by atoms with Crippen molar-refractivity contribution in [2.75, 3.05) is 11.9 Å². The molecule has 5 nitrogen and oxygen atoms in total. The summed E-state index contributed by atoms with van der Waals surface area (Å²) in [6.45, 7) is -0.140. The minimum absolute atomic E-state index is 0.140. The highest BCUT2D eigenvalue weighted by Crippen LogP contribution is 2.22. The largest absolute Gasteiger partial charge is 0.352 e. The van der Waals surface area contributed by atoms with Crippen LogP contribution in [0.2, 0.25) is 0 Å². The molecule has 0 radical (unpaired) electrons. The Balaban J connectivity index is 2.16. The summed E-state index contributed by atoms with van der Waals surface area (Å²) in [7, 11) is 0. The van der Waals surface area contributed by atoms with E-state index in [4.69, 9.17) is 5.73 Å². The highest BCUT2D eigenvalue weighted by Gasteiger charge is 2.05. The lowest BCUT2D eigenvalue weighted by Crippen LogP contribution is -2.36. The summed E-state index contributed by atoms with van der Waals surface area (Å²) in [5, 5.41) is 6.96. The van der Waals surface area contributed by atoms with Gasteiger partial charge in [0, 0.05) is 11.1 Å². The van der Waals surface area contributed by atoms with Gasteiger partial charge in [0.15, 0.2) is 0 Å². The third kappa shape index (κ3) is 2.76. The molecule has 92 valence electrons. The first-order chi connectivity index (χ1) is 8.66. The molecule has 0 aromatic heterocycles. The molecule has 0 bridgehead atoms. The maximum absolute atomic E-state index is 11.6. The van der Waals surface area contributed by atoms with E-state index in [1.54, 1.807) is 0 Å². The van der Waals surface area contributed by atoms with E-state index in [0.29, 0.717) is 5.69 Å². The van der Waals surface area contributed by atoms with Gasteiger partial charge in [0.05, 0.1) is 6.54 Å². The number of fused-ring (bicyclic) bond motifs is 1. The van der Waals surface area contributed by atoms with Crippen LogP contribution in [0.15, 0.2) is 42.5 Å². The zero-order chi connectivity index (χ0) is 13.0. The first-order valence-corrected chi connectivity index (χ1v) is 5.48. The Hall–Kier alpha value is -2.56. The zero-order valence-corrected chi connectivity index (χ0v) is 9.64. The predicted octanol–water partition coefficient (Wildman–Crippen LogP) is 1.45. The third-order valence-electron chi connectivity index (χ3n) is 2.49. The van der Waals surface area contributed by atoms with Gasteiger partial charge >= 0.3 is 6.03 Å². The SMILES string of the molecule is NC(=O)NCC(=O)Nc1cccc2ccccc12. The second kappa shape index (κ2) is 5.18. The second-order valence-corrected chi connectivity index (χ2v) is 3.79. The fourth-order valence-corrected chi connectivity index (χ4v) is 1.70. The summed E-state index contributed by atoms with van der Waals surface area (Å²) < 4.78 is 0. The van der Waals surface area contributed by atoms with E-state index in [2.05, 4.69) is 10.6 Å². The molecule has 0 aliphatic carbocycles. The van der Waals surface area contributed by atoms with Crippen molar-refractivity contribution in [3.05, 3.63) is 42.5 Å². The molecule has 2 aromatic carbocycles. The van der Waals surface area contributed by atoms with Crippen molar-refractivity contribution in [1.82, 2.24) is 5.32 Å². The summed E-state index contributed by atoms with van der Waals surface area (Å²) in [4.78, 5) is 22.1. The van der Waals surface area contributed by atoms with Crippen LogP contribution in [0, 0.1) is 0 Å². The number of nitrogens with one attached hydrogen (secondary N) is 2. The van der Waals surface area contributed by atoms with E-state index in [1.807, 2.05) is 42.5 Å². The lowest BCUT2D eigenvalue weighted by molar-refractivity contribution is -0.115. The summed E-state index contributed by atoms with van der Waals surface area (Å²) in [6.07, 6.45) is 0. The molecule has 3 amide bonds. The number of hydrogen-bond donors (Lipinski definition) is 3. The molecule has 2 aromatic rings. The fourth-order valence-electron chi connectivity index (χ4n) is 1.70. The topological polar surface area (TPSA) is 84.2 Å². The molecule has 0 saturated heterocycles. The molecule has 0 aliphatic rings. The van der Waals surface area contributed by atoms with Crippen LogP contribution in [-0.4, -0.2) is 18.5 Å². The minimum Gasteiger partial charge on any atom is -0.352 e. The van der Waals surface area contributed by atoms with Crippen molar-refractivity contribution in [2.45, 2.75) is 0 Å². The smallest absolute Gasteiger partial charge is 0.312 e. The van der Waals surface area contributed by atoms with Crippen LogP contribution in [0.25, 0.3) is 10.8 Å². The van der Waals surface area contributed by atoms with E-state index >= 15 is 0 Å². The maximum atomic E-state index is 11.6. The standard InChI is InChI=1S/C13H13N3O2/c14-13(18)15-8-12(17)16-11-7-3-5-9-4-1-2-6-10(9)11/h1-7H,8H2,(H,16,17)(H3,14,15,18). The Morgan fingerprint density at radius 2 is 1.78 bits per heavy atom. The van der Waals surface area contributed by atoms with Crippen LogP contribution >= 0.6 is 0 Å². The fraction of sp³-hybridized carbons (Fsp3) is 0.0769. The molecule has 0 unspecified atom stereocenters. The first kappa shape index (κ1) is 11.9. The Bertz CT molecular complexity index is 590. The van der Waals surface area contributed by atoms with Crippen molar-refractivity contribution in [3.63, 3.8) is 0 Å². The quantitative estimate of drug-likeness (QED) is 0.762. The van der Waals surface area contributed by atoms with Crippen LogP contribution in [-0.2, 0) is 4.79 Å². The molecular weight excluding hydrogens is 230 g/mol.